The number of imide groups is 1. The summed E-state index contributed by atoms with van der Waals surface area (Å²) in [5, 5.41) is 0. The van der Waals surface area contributed by atoms with Gasteiger partial charge in [-0.25, -0.2) is 0 Å². The Morgan fingerprint density at radius 3 is 1.81 bits per heavy atom. The van der Waals surface area contributed by atoms with Gasteiger partial charge < -0.3 is 0 Å². The summed E-state index contributed by atoms with van der Waals surface area (Å²) >= 11 is 0. The predicted molar refractivity (Wildman–Crippen MR) is 107 cm³/mol. The number of amides is 2. The molecule has 2 amide bonds. The van der Waals surface area contributed by atoms with E-state index < -0.39 is 0 Å². The number of unbranched alkanes of at least 4 members (excludes halogenated alkanes) is 7. The molecule has 1 aromatic carbocycles. The number of aryl methyl sites for hydroxylation is 1. The van der Waals surface area contributed by atoms with E-state index in [0.717, 1.165) is 19.3 Å². The molecule has 0 aliphatic carbocycles. The highest BCUT2D eigenvalue weighted by molar-refractivity contribution is 6.21. The van der Waals surface area contributed by atoms with E-state index in [0.29, 0.717) is 17.7 Å². The van der Waals surface area contributed by atoms with Gasteiger partial charge in [-0.15, -0.1) is 0 Å². The molecule has 0 radical (unpaired) electrons. The Hall–Kier alpha value is -2.49. The SMILES string of the molecule is O=C1c2ccccc2C(=O)N1CCCCCCCCCCc1ccccn1. The van der Waals surface area contributed by atoms with Crippen molar-refractivity contribution in [2.75, 3.05) is 6.54 Å². The molecule has 0 fully saturated rings. The maximum atomic E-state index is 12.3. The minimum atomic E-state index is -0.136. The van der Waals surface area contributed by atoms with Crippen LogP contribution in [0, 0.1) is 0 Å². The van der Waals surface area contributed by atoms with E-state index in [1.807, 2.05) is 30.5 Å². The fraction of sp³-hybridized carbons (Fsp3) is 0.435. The smallest absolute Gasteiger partial charge is 0.261 e. The van der Waals surface area contributed by atoms with E-state index in [-0.39, 0.29) is 11.8 Å². The lowest BCUT2D eigenvalue weighted by Crippen LogP contribution is -2.30. The Kier molecular flexibility index (Phi) is 7.14. The fourth-order valence-corrected chi connectivity index (χ4v) is 3.62. The number of fused-ring (bicyclic) bond motifs is 1. The summed E-state index contributed by atoms with van der Waals surface area (Å²) in [7, 11) is 0. The minimum absolute atomic E-state index is 0.136. The van der Waals surface area contributed by atoms with Crippen LogP contribution in [-0.4, -0.2) is 28.2 Å². The molecule has 0 atom stereocenters. The molecular weight excluding hydrogens is 336 g/mol. The van der Waals surface area contributed by atoms with Crippen LogP contribution >= 0.6 is 0 Å². The first-order valence-corrected chi connectivity index (χ1v) is 10.1. The third kappa shape index (κ3) is 5.25. The zero-order valence-corrected chi connectivity index (χ0v) is 15.9. The zero-order valence-electron chi connectivity index (χ0n) is 15.9. The van der Waals surface area contributed by atoms with Crippen LogP contribution in [-0.2, 0) is 6.42 Å². The quantitative estimate of drug-likeness (QED) is 0.414. The molecule has 0 spiro atoms. The van der Waals surface area contributed by atoms with Crippen molar-refractivity contribution in [3.63, 3.8) is 0 Å². The highest BCUT2D eigenvalue weighted by atomic mass is 16.2. The number of nitrogens with zero attached hydrogens (tertiary/aromatic N) is 2. The lowest BCUT2D eigenvalue weighted by Gasteiger charge is -2.13. The Bertz CT molecular complexity index is 723. The Balaban J connectivity index is 1.21. The third-order valence-electron chi connectivity index (χ3n) is 5.17. The van der Waals surface area contributed by atoms with Crippen LogP contribution in [0.1, 0.15) is 77.8 Å². The van der Waals surface area contributed by atoms with Gasteiger partial charge >= 0.3 is 0 Å². The van der Waals surface area contributed by atoms with Crippen LogP contribution < -0.4 is 0 Å². The molecule has 0 bridgehead atoms. The maximum absolute atomic E-state index is 12.3. The van der Waals surface area contributed by atoms with Gasteiger partial charge in [0.05, 0.1) is 11.1 Å². The highest BCUT2D eigenvalue weighted by Gasteiger charge is 2.34. The number of hydrogen-bond donors (Lipinski definition) is 0. The van der Waals surface area contributed by atoms with Crippen LogP contribution in [0.3, 0.4) is 0 Å². The normalized spacial score (nSPS) is 13.3. The average Bonchev–Trinajstić information content (AvgIpc) is 2.95. The van der Waals surface area contributed by atoms with Crippen LogP contribution in [0.5, 0.6) is 0 Å². The fourth-order valence-electron chi connectivity index (χ4n) is 3.62. The van der Waals surface area contributed by atoms with Crippen molar-refractivity contribution in [3.8, 4) is 0 Å². The number of aromatic nitrogens is 1. The van der Waals surface area contributed by atoms with Gasteiger partial charge in [0, 0.05) is 18.4 Å². The zero-order chi connectivity index (χ0) is 18.9. The van der Waals surface area contributed by atoms with Crippen molar-refractivity contribution in [2.45, 2.75) is 57.8 Å². The van der Waals surface area contributed by atoms with Crippen molar-refractivity contribution < 1.29 is 9.59 Å². The molecule has 4 heteroatoms. The minimum Gasteiger partial charge on any atom is -0.274 e. The number of carbonyl (C=O) groups excluding carboxylic acids is 2. The second-order valence-corrected chi connectivity index (χ2v) is 7.21. The van der Waals surface area contributed by atoms with E-state index in [9.17, 15) is 9.59 Å². The van der Waals surface area contributed by atoms with E-state index >= 15 is 0 Å². The predicted octanol–water partition coefficient (Wildman–Crippen LogP) is 5.04. The van der Waals surface area contributed by atoms with Gasteiger partial charge in [-0.2, -0.15) is 0 Å². The Morgan fingerprint density at radius 2 is 1.22 bits per heavy atom. The first-order chi connectivity index (χ1) is 13.3. The number of rotatable bonds is 11. The van der Waals surface area contributed by atoms with Crippen LogP contribution in [0.25, 0.3) is 0 Å². The molecular formula is C23H28N2O2. The summed E-state index contributed by atoms with van der Waals surface area (Å²) in [5.74, 6) is -0.271. The highest BCUT2D eigenvalue weighted by Crippen LogP contribution is 2.23. The van der Waals surface area contributed by atoms with Crippen LogP contribution in [0.4, 0.5) is 0 Å². The standard InChI is InChI=1S/C23H28N2O2/c26-22-20-15-8-9-16-21(20)23(27)25(22)18-12-6-4-2-1-3-5-7-13-19-14-10-11-17-24-19/h8-11,14-17H,1-7,12-13,18H2. The lowest BCUT2D eigenvalue weighted by atomic mass is 10.1. The van der Waals surface area contributed by atoms with Gasteiger partial charge in [0.2, 0.25) is 0 Å². The summed E-state index contributed by atoms with van der Waals surface area (Å²) in [6.45, 7) is 0.538. The topological polar surface area (TPSA) is 50.3 Å². The van der Waals surface area contributed by atoms with Crippen LogP contribution in [0.2, 0.25) is 0 Å². The number of pyridine rings is 1. The number of hydrogen-bond acceptors (Lipinski definition) is 3. The first kappa shape index (κ1) is 19.3. The van der Waals surface area contributed by atoms with E-state index in [4.69, 9.17) is 0 Å². The van der Waals surface area contributed by atoms with E-state index in [1.54, 1.807) is 12.1 Å². The maximum Gasteiger partial charge on any atom is 0.261 e. The van der Waals surface area contributed by atoms with Crippen LogP contribution in [0.15, 0.2) is 48.7 Å². The molecule has 0 unspecified atom stereocenters. The molecule has 1 aliphatic heterocycles. The summed E-state index contributed by atoms with van der Waals surface area (Å²) in [4.78, 5) is 30.3. The van der Waals surface area contributed by atoms with Crippen molar-refractivity contribution in [2.24, 2.45) is 0 Å². The van der Waals surface area contributed by atoms with Gasteiger partial charge in [0.1, 0.15) is 0 Å². The number of benzene rings is 1. The molecule has 142 valence electrons. The Morgan fingerprint density at radius 1 is 0.667 bits per heavy atom. The largest absolute Gasteiger partial charge is 0.274 e. The van der Waals surface area contributed by atoms with Crippen molar-refractivity contribution >= 4 is 11.8 Å². The summed E-state index contributed by atoms with van der Waals surface area (Å²) < 4.78 is 0. The molecule has 1 aromatic heterocycles. The van der Waals surface area contributed by atoms with E-state index in [1.165, 1.54) is 49.1 Å². The molecule has 0 saturated carbocycles. The molecule has 4 nitrogen and oxygen atoms in total. The molecule has 1 aliphatic rings. The van der Waals surface area contributed by atoms with Gasteiger partial charge in [-0.1, -0.05) is 56.7 Å². The molecule has 2 heterocycles. The summed E-state index contributed by atoms with van der Waals surface area (Å²) in [6, 6.07) is 13.2. The second kappa shape index (κ2) is 10.0. The first-order valence-electron chi connectivity index (χ1n) is 10.1. The molecule has 2 aromatic rings. The van der Waals surface area contributed by atoms with Crippen molar-refractivity contribution in [3.05, 3.63) is 65.5 Å². The molecule has 27 heavy (non-hydrogen) atoms. The molecule has 3 rings (SSSR count). The molecule has 0 N–H and O–H groups in total. The number of carbonyl (C=O) groups is 2. The lowest BCUT2D eigenvalue weighted by molar-refractivity contribution is 0.0651. The van der Waals surface area contributed by atoms with E-state index in [2.05, 4.69) is 11.1 Å². The monoisotopic (exact) mass is 364 g/mol. The Labute approximate surface area is 161 Å². The van der Waals surface area contributed by atoms with Crippen molar-refractivity contribution in [1.82, 2.24) is 9.88 Å². The van der Waals surface area contributed by atoms with Gasteiger partial charge in [0.15, 0.2) is 0 Å². The van der Waals surface area contributed by atoms with Gasteiger partial charge in [0.25, 0.3) is 11.8 Å². The third-order valence-corrected chi connectivity index (χ3v) is 5.17. The second-order valence-electron chi connectivity index (χ2n) is 7.21. The van der Waals surface area contributed by atoms with Gasteiger partial charge in [-0.05, 0) is 43.5 Å². The summed E-state index contributed by atoms with van der Waals surface area (Å²) in [5.41, 5.74) is 2.28. The van der Waals surface area contributed by atoms with Gasteiger partial charge in [-0.3, -0.25) is 19.5 Å². The molecule has 0 saturated heterocycles. The van der Waals surface area contributed by atoms with Crippen molar-refractivity contribution in [1.29, 1.82) is 0 Å². The average molecular weight is 364 g/mol. The summed E-state index contributed by atoms with van der Waals surface area (Å²) in [6.07, 6.45) is 12.3.